The maximum Gasteiger partial charge on any atom is 0.147 e. The lowest BCUT2D eigenvalue weighted by atomic mass is 10.1. The van der Waals surface area contributed by atoms with Crippen LogP contribution in [0, 0.1) is 0 Å². The number of hydrogen-bond acceptors (Lipinski definition) is 4. The lowest BCUT2D eigenvalue weighted by molar-refractivity contribution is 0.591. The summed E-state index contributed by atoms with van der Waals surface area (Å²) < 4.78 is 0. The third-order valence-corrected chi connectivity index (χ3v) is 3.04. The second-order valence-electron chi connectivity index (χ2n) is 3.81. The summed E-state index contributed by atoms with van der Waals surface area (Å²) >= 11 is 7.37. The van der Waals surface area contributed by atoms with Crippen molar-refractivity contribution in [3.8, 4) is 0 Å². The van der Waals surface area contributed by atoms with Crippen LogP contribution in [0.1, 0.15) is 19.5 Å². The van der Waals surface area contributed by atoms with Gasteiger partial charge in [-0.1, -0.05) is 11.6 Å². The molecule has 0 amide bonds. The summed E-state index contributed by atoms with van der Waals surface area (Å²) in [7, 11) is 0. The Kier molecular flexibility index (Phi) is 4.16. The Morgan fingerprint density at radius 1 is 1.43 bits per heavy atom. The fourth-order valence-electron chi connectivity index (χ4n) is 0.832. The molecule has 0 unspecified atom stereocenters. The molecule has 0 saturated carbocycles. The van der Waals surface area contributed by atoms with E-state index in [1.807, 2.05) is 13.8 Å². The van der Waals surface area contributed by atoms with Gasteiger partial charge in [0.05, 0.1) is 18.1 Å². The highest BCUT2D eigenvalue weighted by atomic mass is 35.5. The van der Waals surface area contributed by atoms with E-state index in [1.165, 1.54) is 0 Å². The molecular weight excluding hydrogens is 218 g/mol. The molecular formula is C9H14ClN3S. The van der Waals surface area contributed by atoms with Crippen molar-refractivity contribution in [2.75, 3.05) is 5.75 Å². The molecule has 0 bridgehead atoms. The number of rotatable bonds is 4. The van der Waals surface area contributed by atoms with Crippen molar-refractivity contribution in [1.29, 1.82) is 0 Å². The minimum absolute atomic E-state index is 0.134. The van der Waals surface area contributed by atoms with Crippen molar-refractivity contribution in [2.24, 2.45) is 5.73 Å². The molecule has 0 saturated heterocycles. The first kappa shape index (κ1) is 11.8. The third-order valence-electron chi connectivity index (χ3n) is 1.40. The van der Waals surface area contributed by atoms with Gasteiger partial charge in [-0.3, -0.25) is 4.98 Å². The maximum absolute atomic E-state index is 5.85. The van der Waals surface area contributed by atoms with Gasteiger partial charge in [0.2, 0.25) is 0 Å². The van der Waals surface area contributed by atoms with Gasteiger partial charge in [0, 0.05) is 17.0 Å². The number of nitrogens with two attached hydrogens (primary N) is 1. The first-order valence-electron chi connectivity index (χ1n) is 4.30. The fraction of sp³-hybridized carbons (Fsp3) is 0.556. The Hall–Kier alpha value is -0.320. The molecule has 1 aromatic heterocycles. The van der Waals surface area contributed by atoms with E-state index in [1.54, 1.807) is 24.2 Å². The van der Waals surface area contributed by atoms with Crippen LogP contribution in [-0.2, 0) is 5.75 Å². The first-order valence-corrected chi connectivity index (χ1v) is 5.84. The molecule has 78 valence electrons. The smallest absolute Gasteiger partial charge is 0.147 e. The van der Waals surface area contributed by atoms with E-state index in [9.17, 15) is 0 Å². The Bertz CT molecular complexity index is 281. The van der Waals surface area contributed by atoms with Crippen LogP contribution in [0.5, 0.6) is 0 Å². The van der Waals surface area contributed by atoms with Crippen molar-refractivity contribution in [3.05, 3.63) is 23.2 Å². The largest absolute Gasteiger partial charge is 0.325 e. The average molecular weight is 232 g/mol. The van der Waals surface area contributed by atoms with Crippen molar-refractivity contribution < 1.29 is 0 Å². The van der Waals surface area contributed by atoms with Gasteiger partial charge in [-0.15, -0.1) is 0 Å². The van der Waals surface area contributed by atoms with Crippen LogP contribution >= 0.6 is 23.4 Å². The van der Waals surface area contributed by atoms with Gasteiger partial charge in [-0.25, -0.2) is 4.98 Å². The predicted octanol–water partition coefficient (Wildman–Crippen LogP) is 2.10. The van der Waals surface area contributed by atoms with E-state index in [0.717, 1.165) is 17.2 Å². The number of thioether (sulfide) groups is 1. The highest BCUT2D eigenvalue weighted by Gasteiger charge is 2.10. The monoisotopic (exact) mass is 231 g/mol. The Morgan fingerprint density at radius 3 is 2.64 bits per heavy atom. The summed E-state index contributed by atoms with van der Waals surface area (Å²) in [6.45, 7) is 4.01. The van der Waals surface area contributed by atoms with Crippen LogP contribution in [0.4, 0.5) is 0 Å². The van der Waals surface area contributed by atoms with Crippen LogP contribution in [0.25, 0.3) is 0 Å². The summed E-state index contributed by atoms with van der Waals surface area (Å²) in [5.41, 5.74) is 6.65. The Morgan fingerprint density at radius 2 is 2.14 bits per heavy atom. The van der Waals surface area contributed by atoms with Crippen LogP contribution in [0.3, 0.4) is 0 Å². The second kappa shape index (κ2) is 4.96. The first-order chi connectivity index (χ1) is 6.47. The minimum atomic E-state index is -0.134. The average Bonchev–Trinajstić information content (AvgIpc) is 2.06. The Balaban J connectivity index is 2.35. The van der Waals surface area contributed by atoms with E-state index in [4.69, 9.17) is 17.3 Å². The molecule has 0 radical (unpaired) electrons. The SMILES string of the molecule is CC(C)(N)CSCc1cnc(Cl)cn1. The van der Waals surface area contributed by atoms with Crippen LogP contribution in [-0.4, -0.2) is 21.3 Å². The molecule has 3 nitrogen and oxygen atoms in total. The topological polar surface area (TPSA) is 51.8 Å². The summed E-state index contributed by atoms with van der Waals surface area (Å²) in [6.07, 6.45) is 3.25. The summed E-state index contributed by atoms with van der Waals surface area (Å²) in [5.74, 6) is 1.72. The van der Waals surface area contributed by atoms with E-state index in [0.29, 0.717) is 5.15 Å². The van der Waals surface area contributed by atoms with Crippen molar-refractivity contribution in [1.82, 2.24) is 9.97 Å². The summed E-state index contributed by atoms with van der Waals surface area (Å²) in [5, 5.41) is 0.429. The van der Waals surface area contributed by atoms with Crippen molar-refractivity contribution in [2.45, 2.75) is 25.1 Å². The van der Waals surface area contributed by atoms with Gasteiger partial charge in [0.25, 0.3) is 0 Å². The standard InChI is InChI=1S/C9H14ClN3S/c1-9(2,11)6-14-5-7-3-13-8(10)4-12-7/h3-4H,5-6,11H2,1-2H3. The molecule has 1 aromatic rings. The van der Waals surface area contributed by atoms with Gasteiger partial charge >= 0.3 is 0 Å². The van der Waals surface area contributed by atoms with Gasteiger partial charge in [-0.2, -0.15) is 11.8 Å². The van der Waals surface area contributed by atoms with E-state index < -0.39 is 0 Å². The predicted molar refractivity (Wildman–Crippen MR) is 61.5 cm³/mol. The molecule has 0 aromatic carbocycles. The normalized spacial score (nSPS) is 11.7. The highest BCUT2D eigenvalue weighted by molar-refractivity contribution is 7.98. The second-order valence-corrected chi connectivity index (χ2v) is 5.18. The van der Waals surface area contributed by atoms with Crippen LogP contribution in [0.15, 0.2) is 12.4 Å². The van der Waals surface area contributed by atoms with E-state index in [2.05, 4.69) is 9.97 Å². The molecule has 0 fully saturated rings. The molecule has 0 spiro atoms. The van der Waals surface area contributed by atoms with Gasteiger partial charge < -0.3 is 5.73 Å². The molecule has 5 heteroatoms. The highest BCUT2D eigenvalue weighted by Crippen LogP contribution is 2.14. The maximum atomic E-state index is 5.85. The lowest BCUT2D eigenvalue weighted by Crippen LogP contribution is -2.34. The molecule has 1 heterocycles. The molecule has 0 atom stereocenters. The quantitative estimate of drug-likeness (QED) is 0.863. The van der Waals surface area contributed by atoms with E-state index in [-0.39, 0.29) is 5.54 Å². The van der Waals surface area contributed by atoms with E-state index >= 15 is 0 Å². The van der Waals surface area contributed by atoms with Gasteiger partial charge in [0.15, 0.2) is 0 Å². The summed E-state index contributed by atoms with van der Waals surface area (Å²) in [4.78, 5) is 8.09. The molecule has 0 aliphatic rings. The van der Waals surface area contributed by atoms with Crippen LogP contribution in [0.2, 0.25) is 5.15 Å². The van der Waals surface area contributed by atoms with Gasteiger partial charge in [-0.05, 0) is 13.8 Å². The molecule has 1 rings (SSSR count). The number of halogens is 1. The lowest BCUT2D eigenvalue weighted by Gasteiger charge is -2.17. The molecule has 2 N–H and O–H groups in total. The van der Waals surface area contributed by atoms with Crippen LogP contribution < -0.4 is 5.73 Å². The van der Waals surface area contributed by atoms with Crippen molar-refractivity contribution >= 4 is 23.4 Å². The number of nitrogens with zero attached hydrogens (tertiary/aromatic N) is 2. The number of hydrogen-bond donors (Lipinski definition) is 1. The minimum Gasteiger partial charge on any atom is -0.325 e. The Labute approximate surface area is 93.5 Å². The zero-order valence-corrected chi connectivity index (χ0v) is 9.90. The number of aromatic nitrogens is 2. The molecule has 0 aliphatic carbocycles. The summed E-state index contributed by atoms with van der Waals surface area (Å²) in [6, 6.07) is 0. The molecule has 14 heavy (non-hydrogen) atoms. The fourth-order valence-corrected chi connectivity index (χ4v) is 1.92. The molecule has 0 aliphatic heterocycles. The third kappa shape index (κ3) is 4.79. The zero-order chi connectivity index (χ0) is 10.6. The van der Waals surface area contributed by atoms with Crippen molar-refractivity contribution in [3.63, 3.8) is 0 Å². The zero-order valence-electron chi connectivity index (χ0n) is 8.33. The van der Waals surface area contributed by atoms with Gasteiger partial charge in [0.1, 0.15) is 5.15 Å².